The maximum atomic E-state index is 13.0. The summed E-state index contributed by atoms with van der Waals surface area (Å²) in [5.41, 5.74) is 2.01. The first-order valence-corrected chi connectivity index (χ1v) is 9.83. The fourth-order valence-corrected chi connectivity index (χ4v) is 3.82. The summed E-state index contributed by atoms with van der Waals surface area (Å²) in [6.45, 7) is 0.217. The van der Waals surface area contributed by atoms with Crippen LogP contribution in [0.1, 0.15) is 42.9 Å². The van der Waals surface area contributed by atoms with E-state index in [1.54, 1.807) is 14.2 Å². The molecule has 28 heavy (non-hydrogen) atoms. The third-order valence-electron chi connectivity index (χ3n) is 5.66. The fourth-order valence-electron chi connectivity index (χ4n) is 3.82. The number of nitrogens with one attached hydrogen (secondary N) is 1. The molecule has 1 aliphatic rings. The summed E-state index contributed by atoms with van der Waals surface area (Å²) < 4.78 is 10.5. The molecule has 0 saturated heterocycles. The van der Waals surface area contributed by atoms with Crippen LogP contribution in [0.25, 0.3) is 0 Å². The number of ether oxygens (including phenoxy) is 2. The zero-order chi connectivity index (χ0) is 19.9. The molecule has 150 valence electrons. The van der Waals surface area contributed by atoms with Crippen LogP contribution in [0, 0.1) is 11.8 Å². The van der Waals surface area contributed by atoms with Crippen LogP contribution in [-0.4, -0.2) is 31.8 Å². The van der Waals surface area contributed by atoms with E-state index in [1.807, 2.05) is 48.5 Å². The molecular formula is C23H29NO4. The van der Waals surface area contributed by atoms with Crippen molar-refractivity contribution in [1.29, 1.82) is 0 Å². The van der Waals surface area contributed by atoms with E-state index in [2.05, 4.69) is 5.32 Å². The van der Waals surface area contributed by atoms with Gasteiger partial charge in [0, 0.05) is 12.5 Å². The van der Waals surface area contributed by atoms with E-state index < -0.39 is 0 Å². The van der Waals surface area contributed by atoms with Crippen LogP contribution < -0.4 is 14.8 Å². The van der Waals surface area contributed by atoms with E-state index in [1.165, 1.54) is 0 Å². The van der Waals surface area contributed by atoms with Crippen LogP contribution in [0.2, 0.25) is 0 Å². The molecule has 3 rings (SSSR count). The van der Waals surface area contributed by atoms with Gasteiger partial charge in [0.1, 0.15) is 11.5 Å². The Morgan fingerprint density at radius 1 is 0.929 bits per heavy atom. The lowest BCUT2D eigenvalue weighted by Gasteiger charge is -2.29. The number of carbonyl (C=O) groups excluding carboxylic acids is 1. The molecule has 0 atom stereocenters. The molecule has 1 aliphatic carbocycles. The molecule has 0 unspecified atom stereocenters. The summed E-state index contributed by atoms with van der Waals surface area (Å²) in [6.07, 6.45) is 3.47. The first kappa shape index (κ1) is 20.2. The van der Waals surface area contributed by atoms with Crippen molar-refractivity contribution in [2.45, 2.75) is 31.7 Å². The van der Waals surface area contributed by atoms with Crippen LogP contribution in [-0.2, 0) is 4.79 Å². The number of aliphatic hydroxyl groups is 1. The van der Waals surface area contributed by atoms with Gasteiger partial charge in [-0.1, -0.05) is 24.3 Å². The average Bonchev–Trinajstić information content (AvgIpc) is 2.77. The topological polar surface area (TPSA) is 67.8 Å². The van der Waals surface area contributed by atoms with Crippen molar-refractivity contribution in [3.8, 4) is 11.5 Å². The minimum atomic E-state index is -0.236. The van der Waals surface area contributed by atoms with Gasteiger partial charge in [-0.3, -0.25) is 4.79 Å². The van der Waals surface area contributed by atoms with E-state index in [-0.39, 0.29) is 24.5 Å². The van der Waals surface area contributed by atoms with Gasteiger partial charge in [-0.25, -0.2) is 0 Å². The number of aliphatic hydroxyl groups excluding tert-OH is 1. The lowest BCUT2D eigenvalue weighted by Crippen LogP contribution is -2.36. The Morgan fingerprint density at radius 3 is 1.79 bits per heavy atom. The van der Waals surface area contributed by atoms with Crippen molar-refractivity contribution in [2.75, 3.05) is 20.8 Å². The number of methoxy groups -OCH3 is 2. The Morgan fingerprint density at radius 2 is 1.39 bits per heavy atom. The van der Waals surface area contributed by atoms with Gasteiger partial charge in [-0.05, 0) is 67.0 Å². The van der Waals surface area contributed by atoms with E-state index >= 15 is 0 Å². The zero-order valence-corrected chi connectivity index (χ0v) is 16.6. The van der Waals surface area contributed by atoms with Crippen molar-refractivity contribution >= 4 is 5.91 Å². The van der Waals surface area contributed by atoms with Crippen molar-refractivity contribution < 1.29 is 19.4 Å². The minimum absolute atomic E-state index is 0.00166. The van der Waals surface area contributed by atoms with Crippen LogP contribution in [0.3, 0.4) is 0 Å². The fraction of sp³-hybridized carbons (Fsp3) is 0.435. The molecule has 0 aliphatic heterocycles. The number of carbonyl (C=O) groups is 1. The highest BCUT2D eigenvalue weighted by molar-refractivity contribution is 5.79. The largest absolute Gasteiger partial charge is 0.497 e. The monoisotopic (exact) mass is 383 g/mol. The summed E-state index contributed by atoms with van der Waals surface area (Å²) in [7, 11) is 3.28. The summed E-state index contributed by atoms with van der Waals surface area (Å²) in [5.74, 6) is 1.98. The first-order valence-electron chi connectivity index (χ1n) is 9.83. The Bertz CT molecular complexity index is 702. The van der Waals surface area contributed by atoms with E-state index in [9.17, 15) is 9.90 Å². The van der Waals surface area contributed by atoms with Gasteiger partial charge < -0.3 is 19.9 Å². The van der Waals surface area contributed by atoms with Gasteiger partial charge in [-0.15, -0.1) is 0 Å². The highest BCUT2D eigenvalue weighted by Crippen LogP contribution is 2.31. The van der Waals surface area contributed by atoms with Crippen LogP contribution in [0.15, 0.2) is 48.5 Å². The minimum Gasteiger partial charge on any atom is -0.497 e. The second kappa shape index (κ2) is 9.60. The SMILES string of the molecule is COc1ccc(C(NC(=O)[C@H]2CC[C@H](CO)CC2)c2ccc(OC)cc2)cc1. The Balaban J connectivity index is 1.79. The molecular weight excluding hydrogens is 354 g/mol. The molecule has 5 nitrogen and oxygen atoms in total. The van der Waals surface area contributed by atoms with Gasteiger partial charge in [0.15, 0.2) is 0 Å². The third-order valence-corrected chi connectivity index (χ3v) is 5.66. The zero-order valence-electron chi connectivity index (χ0n) is 16.6. The van der Waals surface area contributed by atoms with E-state index in [0.29, 0.717) is 5.92 Å². The second-order valence-electron chi connectivity index (χ2n) is 7.39. The summed E-state index contributed by atoms with van der Waals surface area (Å²) in [5, 5.41) is 12.6. The molecule has 2 N–H and O–H groups in total. The maximum Gasteiger partial charge on any atom is 0.223 e. The van der Waals surface area contributed by atoms with Gasteiger partial charge in [0.2, 0.25) is 5.91 Å². The molecule has 5 heteroatoms. The molecule has 0 aromatic heterocycles. The van der Waals surface area contributed by atoms with Crippen LogP contribution >= 0.6 is 0 Å². The lowest BCUT2D eigenvalue weighted by atomic mass is 9.81. The van der Waals surface area contributed by atoms with E-state index in [4.69, 9.17) is 9.47 Å². The molecule has 2 aromatic carbocycles. The third kappa shape index (κ3) is 4.84. The lowest BCUT2D eigenvalue weighted by molar-refractivity contribution is -0.126. The number of rotatable bonds is 7. The van der Waals surface area contributed by atoms with Gasteiger partial charge in [0.25, 0.3) is 0 Å². The van der Waals surface area contributed by atoms with Gasteiger partial charge in [-0.2, -0.15) is 0 Å². The Kier molecular flexibility index (Phi) is 6.93. The van der Waals surface area contributed by atoms with Crippen molar-refractivity contribution in [3.63, 3.8) is 0 Å². The summed E-state index contributed by atoms with van der Waals surface area (Å²) in [4.78, 5) is 13.0. The quantitative estimate of drug-likeness (QED) is 0.765. The predicted octanol–water partition coefficient (Wildman–Crippen LogP) is 3.71. The molecule has 1 saturated carbocycles. The first-order chi connectivity index (χ1) is 13.6. The molecule has 0 radical (unpaired) electrons. The molecule has 0 heterocycles. The normalized spacial score (nSPS) is 19.3. The number of hydrogen-bond acceptors (Lipinski definition) is 4. The van der Waals surface area contributed by atoms with Crippen LogP contribution in [0.4, 0.5) is 0 Å². The summed E-state index contributed by atoms with van der Waals surface area (Å²) >= 11 is 0. The molecule has 2 aromatic rings. The Hall–Kier alpha value is -2.53. The maximum absolute atomic E-state index is 13.0. The number of amides is 1. The highest BCUT2D eigenvalue weighted by Gasteiger charge is 2.28. The molecule has 1 amide bonds. The summed E-state index contributed by atoms with van der Waals surface area (Å²) in [6, 6.07) is 15.3. The van der Waals surface area contributed by atoms with Crippen LogP contribution in [0.5, 0.6) is 11.5 Å². The molecule has 1 fully saturated rings. The smallest absolute Gasteiger partial charge is 0.223 e. The average molecular weight is 383 g/mol. The number of benzene rings is 2. The van der Waals surface area contributed by atoms with Crippen molar-refractivity contribution in [3.05, 3.63) is 59.7 Å². The van der Waals surface area contributed by atoms with E-state index in [0.717, 1.165) is 48.3 Å². The van der Waals surface area contributed by atoms with Crippen molar-refractivity contribution in [1.82, 2.24) is 5.32 Å². The van der Waals surface area contributed by atoms with Crippen molar-refractivity contribution in [2.24, 2.45) is 11.8 Å². The Labute approximate surface area is 166 Å². The number of hydrogen-bond donors (Lipinski definition) is 2. The standard InChI is InChI=1S/C23H29NO4/c1-27-20-11-7-17(8-12-20)22(18-9-13-21(28-2)14-10-18)24-23(26)19-5-3-16(15-25)4-6-19/h7-14,16,19,22,25H,3-6,15H2,1-2H3,(H,24,26)/t16-,19-. The second-order valence-corrected chi connectivity index (χ2v) is 7.39. The predicted molar refractivity (Wildman–Crippen MR) is 109 cm³/mol. The molecule has 0 bridgehead atoms. The van der Waals surface area contributed by atoms with Gasteiger partial charge in [0.05, 0.1) is 20.3 Å². The molecule has 0 spiro atoms. The van der Waals surface area contributed by atoms with Gasteiger partial charge >= 0.3 is 0 Å². The highest BCUT2D eigenvalue weighted by atomic mass is 16.5.